The Balaban J connectivity index is 3.25. The van der Waals surface area contributed by atoms with Crippen molar-refractivity contribution in [1.82, 2.24) is 0 Å². The first-order valence-corrected chi connectivity index (χ1v) is 12.8. The van der Waals surface area contributed by atoms with Gasteiger partial charge in [-0.25, -0.2) is 0 Å². The Morgan fingerprint density at radius 2 is 1.54 bits per heavy atom. The van der Waals surface area contributed by atoms with Crippen LogP contribution in [0.3, 0.4) is 0 Å². The molecule has 4 heteroatoms. The minimum Gasteiger partial charge on any atom is -0.497 e. The van der Waals surface area contributed by atoms with Crippen molar-refractivity contribution in [3.05, 3.63) is 34.9 Å². The van der Waals surface area contributed by atoms with Gasteiger partial charge in [0.25, 0.3) is 0 Å². The number of hydrogen-bond donors (Lipinski definition) is 0. The summed E-state index contributed by atoms with van der Waals surface area (Å²) in [5, 5.41) is 1.17. The van der Waals surface area contributed by atoms with E-state index in [1.165, 1.54) is 16.3 Å². The average molecular weight is 377 g/mol. The van der Waals surface area contributed by atoms with E-state index in [1.807, 2.05) is 0 Å². The van der Waals surface area contributed by atoms with Gasteiger partial charge < -0.3 is 14.2 Å². The minimum atomic E-state index is -1.66. The van der Waals surface area contributed by atoms with Crippen LogP contribution in [-0.4, -0.2) is 29.4 Å². The molecule has 0 heterocycles. The molecule has 0 radical (unpaired) electrons. The maximum Gasteiger partial charge on any atom is 0.164 e. The molecule has 146 valence electrons. The molecule has 0 aliphatic heterocycles. The molecule has 3 nitrogen and oxygen atoms in total. The predicted molar refractivity (Wildman–Crippen MR) is 115 cm³/mol. The molecule has 0 aromatic heterocycles. The summed E-state index contributed by atoms with van der Waals surface area (Å²) in [7, 11) is 3.50. The van der Waals surface area contributed by atoms with Crippen LogP contribution >= 0.6 is 0 Å². The van der Waals surface area contributed by atoms with Crippen molar-refractivity contribution in [2.75, 3.05) is 21.3 Å². The summed E-state index contributed by atoms with van der Waals surface area (Å²) in [5.74, 6) is 2.57. The van der Waals surface area contributed by atoms with E-state index in [1.54, 1.807) is 21.3 Å². The lowest BCUT2D eigenvalue weighted by atomic mass is 10.0. The van der Waals surface area contributed by atoms with Gasteiger partial charge in [-0.05, 0) is 46.1 Å². The number of methoxy groups -OCH3 is 3. The predicted octanol–water partition coefficient (Wildman–Crippen LogP) is 5.49. The molecule has 1 aromatic carbocycles. The Hall–Kier alpha value is -1.68. The van der Waals surface area contributed by atoms with Gasteiger partial charge in [0.05, 0.1) is 29.4 Å². The van der Waals surface area contributed by atoms with Crippen LogP contribution in [-0.2, 0) is 6.42 Å². The van der Waals surface area contributed by atoms with Crippen molar-refractivity contribution < 1.29 is 14.2 Å². The van der Waals surface area contributed by atoms with Crippen LogP contribution in [0.1, 0.15) is 39.2 Å². The van der Waals surface area contributed by atoms with E-state index < -0.39 is 8.07 Å². The van der Waals surface area contributed by atoms with Gasteiger partial charge in [0.1, 0.15) is 5.75 Å². The maximum atomic E-state index is 5.78. The molecule has 0 amide bonds. The van der Waals surface area contributed by atoms with Gasteiger partial charge in [-0.1, -0.05) is 42.9 Å². The number of rotatable bonds is 9. The van der Waals surface area contributed by atoms with Gasteiger partial charge in [0.2, 0.25) is 0 Å². The van der Waals surface area contributed by atoms with Crippen LogP contribution in [0, 0.1) is 0 Å². The quantitative estimate of drug-likeness (QED) is 0.421. The Bertz CT molecular complexity index is 663. The molecule has 0 spiro atoms. The van der Waals surface area contributed by atoms with E-state index in [9.17, 15) is 0 Å². The van der Waals surface area contributed by atoms with Crippen molar-refractivity contribution in [3.8, 4) is 17.2 Å². The Labute approximate surface area is 161 Å². The first-order chi connectivity index (χ1) is 12.1. The van der Waals surface area contributed by atoms with Crippen LogP contribution in [0.5, 0.6) is 17.2 Å². The number of allylic oxidation sites excluding steroid dienone is 4. The molecule has 0 saturated carbocycles. The first kappa shape index (κ1) is 22.4. The molecule has 1 rings (SSSR count). The summed E-state index contributed by atoms with van der Waals surface area (Å²) in [6.45, 7) is 13.3. The smallest absolute Gasteiger partial charge is 0.164 e. The van der Waals surface area contributed by atoms with Crippen molar-refractivity contribution in [3.63, 3.8) is 0 Å². The summed E-state index contributed by atoms with van der Waals surface area (Å²) < 4.78 is 17.3. The molecule has 0 saturated heterocycles. The molecular weight excluding hydrogens is 340 g/mol. The van der Waals surface area contributed by atoms with E-state index >= 15 is 0 Å². The standard InChI is InChI=1S/C22H36O3Si/c1-16(2)11-10-12-17(3)13-14-18-15-19(23-4)22(26(7,8)9)21(25-6)20(18)24-5/h11,13,15H,10,12,14H2,1-9H3/b17-13+. The number of hydrogen-bond acceptors (Lipinski definition) is 3. The zero-order valence-electron chi connectivity index (χ0n) is 18.1. The van der Waals surface area contributed by atoms with Crippen molar-refractivity contribution in [2.24, 2.45) is 0 Å². The largest absolute Gasteiger partial charge is 0.497 e. The summed E-state index contributed by atoms with van der Waals surface area (Å²) in [4.78, 5) is 0. The van der Waals surface area contributed by atoms with Gasteiger partial charge in [-0.15, -0.1) is 0 Å². The van der Waals surface area contributed by atoms with Gasteiger partial charge in [0.15, 0.2) is 11.5 Å². The fourth-order valence-electron chi connectivity index (χ4n) is 3.08. The monoisotopic (exact) mass is 376 g/mol. The number of ether oxygens (including phenoxy) is 3. The normalized spacial score (nSPS) is 12.0. The molecule has 0 aliphatic rings. The second-order valence-corrected chi connectivity index (χ2v) is 13.0. The Morgan fingerprint density at radius 3 is 2.00 bits per heavy atom. The molecule has 0 fully saturated rings. The molecule has 1 aromatic rings. The third-order valence-electron chi connectivity index (χ3n) is 4.42. The number of benzene rings is 1. The van der Waals surface area contributed by atoms with Crippen LogP contribution in [0.4, 0.5) is 0 Å². The van der Waals surface area contributed by atoms with E-state index in [4.69, 9.17) is 14.2 Å². The molecule has 0 unspecified atom stereocenters. The lowest BCUT2D eigenvalue weighted by Gasteiger charge is -2.26. The highest BCUT2D eigenvalue weighted by Gasteiger charge is 2.30. The topological polar surface area (TPSA) is 27.7 Å². The zero-order valence-corrected chi connectivity index (χ0v) is 19.1. The summed E-state index contributed by atoms with van der Waals surface area (Å²) in [5.41, 5.74) is 3.86. The summed E-state index contributed by atoms with van der Waals surface area (Å²) >= 11 is 0. The van der Waals surface area contributed by atoms with Crippen LogP contribution in [0.2, 0.25) is 19.6 Å². The molecular formula is C22H36O3Si. The fraction of sp³-hybridized carbons (Fsp3) is 0.545. The first-order valence-electron chi connectivity index (χ1n) is 9.27. The lowest BCUT2D eigenvalue weighted by molar-refractivity contribution is 0.349. The highest BCUT2D eigenvalue weighted by atomic mass is 28.3. The van der Waals surface area contributed by atoms with E-state index in [0.29, 0.717) is 0 Å². The third kappa shape index (κ3) is 5.94. The summed E-state index contributed by atoms with van der Waals surface area (Å²) in [6.07, 6.45) is 7.54. The SMILES string of the molecule is COc1cc(C/C=C(\C)CCC=C(C)C)c(OC)c(OC)c1[Si](C)(C)C. The fourth-order valence-corrected chi connectivity index (χ4v) is 4.89. The minimum absolute atomic E-state index is 0.808. The second kappa shape index (κ2) is 9.86. The highest BCUT2D eigenvalue weighted by molar-refractivity contribution is 6.90. The van der Waals surface area contributed by atoms with E-state index in [-0.39, 0.29) is 0 Å². The lowest BCUT2D eigenvalue weighted by Crippen LogP contribution is -2.40. The van der Waals surface area contributed by atoms with Crippen molar-refractivity contribution in [2.45, 2.75) is 59.7 Å². The van der Waals surface area contributed by atoms with Crippen molar-refractivity contribution in [1.29, 1.82) is 0 Å². The van der Waals surface area contributed by atoms with Crippen molar-refractivity contribution >= 4 is 13.3 Å². The molecule has 0 atom stereocenters. The van der Waals surface area contributed by atoms with Gasteiger partial charge >= 0.3 is 0 Å². The maximum absolute atomic E-state index is 5.78. The van der Waals surface area contributed by atoms with Crippen LogP contribution < -0.4 is 19.4 Å². The molecule has 26 heavy (non-hydrogen) atoms. The van der Waals surface area contributed by atoms with Gasteiger partial charge in [-0.2, -0.15) is 0 Å². The Morgan fingerprint density at radius 1 is 0.923 bits per heavy atom. The second-order valence-electron chi connectivity index (χ2n) is 8.00. The van der Waals surface area contributed by atoms with Crippen LogP contribution in [0.25, 0.3) is 0 Å². The van der Waals surface area contributed by atoms with Gasteiger partial charge in [0, 0.05) is 10.8 Å². The van der Waals surface area contributed by atoms with Gasteiger partial charge in [-0.3, -0.25) is 0 Å². The zero-order chi connectivity index (χ0) is 19.9. The Kier molecular flexibility index (Phi) is 8.48. The average Bonchev–Trinajstić information content (AvgIpc) is 2.56. The molecule has 0 aliphatic carbocycles. The van der Waals surface area contributed by atoms with Crippen LogP contribution in [0.15, 0.2) is 29.4 Å². The summed E-state index contributed by atoms with van der Waals surface area (Å²) in [6, 6.07) is 2.12. The van der Waals surface area contributed by atoms with E-state index in [2.05, 4.69) is 58.6 Å². The highest BCUT2D eigenvalue weighted by Crippen LogP contribution is 2.36. The molecule has 0 N–H and O–H groups in total. The van der Waals surface area contributed by atoms with E-state index in [0.717, 1.165) is 42.1 Å². The third-order valence-corrected chi connectivity index (χ3v) is 6.39. The molecule has 0 bridgehead atoms.